The van der Waals surface area contributed by atoms with Crippen molar-refractivity contribution in [1.82, 2.24) is 4.57 Å². The number of aromatic nitrogens is 1. The van der Waals surface area contributed by atoms with Gasteiger partial charge in [-0.15, -0.1) is 0 Å². The van der Waals surface area contributed by atoms with Crippen LogP contribution in [0.15, 0.2) is 24.4 Å². The van der Waals surface area contributed by atoms with Gasteiger partial charge in [-0.3, -0.25) is 4.57 Å². The van der Waals surface area contributed by atoms with E-state index in [1.165, 1.54) is 6.20 Å². The minimum Gasteiger partial charge on any atom is -0.464 e. The Morgan fingerprint density at radius 1 is 1.50 bits per heavy atom. The average molecular weight is 239 g/mol. The molecule has 1 heterocycles. The molecule has 16 heavy (non-hydrogen) atoms. The summed E-state index contributed by atoms with van der Waals surface area (Å²) >= 11 is 6.17. The van der Waals surface area contributed by atoms with E-state index in [4.69, 9.17) is 22.4 Å². The van der Waals surface area contributed by atoms with Crippen LogP contribution in [-0.2, 0) is 0 Å². The molecular weight excluding hydrogens is 228 g/mol. The van der Waals surface area contributed by atoms with Crippen LogP contribution < -0.4 is 5.73 Å². The van der Waals surface area contributed by atoms with Gasteiger partial charge in [0, 0.05) is 17.6 Å². The van der Waals surface area contributed by atoms with E-state index in [0.29, 0.717) is 15.9 Å². The van der Waals surface area contributed by atoms with E-state index < -0.39 is 6.09 Å². The van der Waals surface area contributed by atoms with E-state index in [-0.39, 0.29) is 6.04 Å². The lowest BCUT2D eigenvalue weighted by molar-refractivity contribution is 0.197. The van der Waals surface area contributed by atoms with Crippen LogP contribution in [0.25, 0.3) is 10.9 Å². The standard InChI is InChI=1S/C11H11ClN2O2/c1-6(13)7-2-3-9-8(10(7)12)4-5-14(9)11(15)16/h2-6H,13H2,1H3,(H,15,16). The van der Waals surface area contributed by atoms with Crippen molar-refractivity contribution in [3.8, 4) is 0 Å². The predicted octanol–water partition coefficient (Wildman–Crippen LogP) is 2.84. The van der Waals surface area contributed by atoms with Gasteiger partial charge < -0.3 is 10.8 Å². The molecule has 84 valence electrons. The van der Waals surface area contributed by atoms with Gasteiger partial charge in [0.15, 0.2) is 0 Å². The van der Waals surface area contributed by atoms with E-state index in [1.54, 1.807) is 18.2 Å². The summed E-state index contributed by atoms with van der Waals surface area (Å²) in [6.07, 6.45) is 0.448. The zero-order valence-corrected chi connectivity index (χ0v) is 9.40. The van der Waals surface area contributed by atoms with Crippen LogP contribution in [0.2, 0.25) is 5.02 Å². The molecule has 0 saturated carbocycles. The van der Waals surface area contributed by atoms with Crippen LogP contribution >= 0.6 is 11.6 Å². The highest BCUT2D eigenvalue weighted by atomic mass is 35.5. The smallest absolute Gasteiger partial charge is 0.416 e. The van der Waals surface area contributed by atoms with Gasteiger partial charge in [0.1, 0.15) is 0 Å². The van der Waals surface area contributed by atoms with E-state index in [1.807, 2.05) is 6.92 Å². The zero-order valence-electron chi connectivity index (χ0n) is 8.64. The molecule has 0 amide bonds. The van der Waals surface area contributed by atoms with Gasteiger partial charge in [-0.05, 0) is 24.6 Å². The predicted molar refractivity (Wildman–Crippen MR) is 63.0 cm³/mol. The third kappa shape index (κ3) is 1.56. The third-order valence-corrected chi connectivity index (χ3v) is 2.95. The summed E-state index contributed by atoms with van der Waals surface area (Å²) in [5, 5.41) is 10.2. The first-order chi connectivity index (χ1) is 7.52. The normalized spacial score (nSPS) is 12.9. The number of halogens is 1. The maximum atomic E-state index is 10.9. The Kier molecular flexibility index (Phi) is 2.61. The van der Waals surface area contributed by atoms with E-state index >= 15 is 0 Å². The monoisotopic (exact) mass is 238 g/mol. The zero-order chi connectivity index (χ0) is 11.9. The number of hydrogen-bond acceptors (Lipinski definition) is 2. The number of nitrogens with two attached hydrogens (primary N) is 1. The molecule has 4 nitrogen and oxygen atoms in total. The van der Waals surface area contributed by atoms with Crippen LogP contribution in [-0.4, -0.2) is 15.8 Å². The largest absolute Gasteiger partial charge is 0.464 e. The van der Waals surface area contributed by atoms with Gasteiger partial charge in [-0.2, -0.15) is 0 Å². The van der Waals surface area contributed by atoms with Crippen LogP contribution in [0.5, 0.6) is 0 Å². The molecular formula is C11H11ClN2O2. The van der Waals surface area contributed by atoms with E-state index in [2.05, 4.69) is 0 Å². The molecule has 1 atom stereocenters. The fourth-order valence-electron chi connectivity index (χ4n) is 1.72. The van der Waals surface area contributed by atoms with Gasteiger partial charge in [0.05, 0.1) is 10.5 Å². The van der Waals surface area contributed by atoms with Crippen molar-refractivity contribution < 1.29 is 9.90 Å². The highest BCUT2D eigenvalue weighted by Gasteiger charge is 2.13. The molecule has 0 aliphatic carbocycles. The summed E-state index contributed by atoms with van der Waals surface area (Å²) in [6, 6.07) is 4.98. The molecule has 0 aliphatic rings. The number of fused-ring (bicyclic) bond motifs is 1. The van der Waals surface area contributed by atoms with E-state index in [0.717, 1.165) is 10.1 Å². The maximum absolute atomic E-state index is 10.9. The number of hydrogen-bond donors (Lipinski definition) is 2. The number of benzene rings is 1. The first-order valence-electron chi connectivity index (χ1n) is 4.80. The quantitative estimate of drug-likeness (QED) is 0.803. The SMILES string of the molecule is CC(N)c1ccc2c(ccn2C(=O)O)c1Cl. The third-order valence-electron chi connectivity index (χ3n) is 2.53. The number of rotatable bonds is 1. The molecule has 3 N–H and O–H groups in total. The number of carboxylic acid groups (broad SMARTS) is 1. The van der Waals surface area contributed by atoms with Crippen LogP contribution in [0, 0.1) is 0 Å². The molecule has 1 unspecified atom stereocenters. The Hall–Kier alpha value is -1.52. The highest BCUT2D eigenvalue weighted by Crippen LogP contribution is 2.30. The maximum Gasteiger partial charge on any atom is 0.416 e. The topological polar surface area (TPSA) is 68.2 Å². The van der Waals surface area contributed by atoms with Gasteiger partial charge in [0.25, 0.3) is 0 Å². The molecule has 1 aromatic heterocycles. The van der Waals surface area contributed by atoms with Crippen LogP contribution in [0.1, 0.15) is 18.5 Å². The Morgan fingerprint density at radius 3 is 2.75 bits per heavy atom. The summed E-state index contributed by atoms with van der Waals surface area (Å²) < 4.78 is 1.13. The summed E-state index contributed by atoms with van der Waals surface area (Å²) in [5.41, 5.74) is 7.15. The second kappa shape index (κ2) is 3.81. The molecule has 0 radical (unpaired) electrons. The highest BCUT2D eigenvalue weighted by molar-refractivity contribution is 6.36. The first-order valence-corrected chi connectivity index (χ1v) is 5.18. The summed E-state index contributed by atoms with van der Waals surface area (Å²) in [7, 11) is 0. The van der Waals surface area contributed by atoms with Crippen molar-refractivity contribution in [1.29, 1.82) is 0 Å². The first kappa shape index (κ1) is 11.0. The second-order valence-electron chi connectivity index (χ2n) is 3.66. The molecule has 0 aliphatic heterocycles. The molecule has 1 aromatic carbocycles. The average Bonchev–Trinajstić information content (AvgIpc) is 2.61. The molecule has 2 rings (SSSR count). The van der Waals surface area contributed by atoms with Crippen molar-refractivity contribution in [3.05, 3.63) is 35.0 Å². The lowest BCUT2D eigenvalue weighted by Crippen LogP contribution is -2.07. The fraction of sp³-hybridized carbons (Fsp3) is 0.182. The molecule has 2 aromatic rings. The molecule has 0 bridgehead atoms. The van der Waals surface area contributed by atoms with Crippen LogP contribution in [0.3, 0.4) is 0 Å². The van der Waals surface area contributed by atoms with Crippen molar-refractivity contribution in [2.45, 2.75) is 13.0 Å². The van der Waals surface area contributed by atoms with Gasteiger partial charge in [0.2, 0.25) is 0 Å². The lowest BCUT2D eigenvalue weighted by Gasteiger charge is -2.09. The fourth-order valence-corrected chi connectivity index (χ4v) is 2.11. The molecule has 0 fully saturated rings. The Bertz CT molecular complexity index is 560. The van der Waals surface area contributed by atoms with Crippen molar-refractivity contribution in [2.75, 3.05) is 0 Å². The van der Waals surface area contributed by atoms with Crippen molar-refractivity contribution in [3.63, 3.8) is 0 Å². The van der Waals surface area contributed by atoms with Gasteiger partial charge in [-0.25, -0.2) is 4.79 Å². The minimum atomic E-state index is -1.03. The second-order valence-corrected chi connectivity index (χ2v) is 4.04. The van der Waals surface area contributed by atoms with Crippen molar-refractivity contribution >= 4 is 28.6 Å². The Morgan fingerprint density at radius 2 is 2.19 bits per heavy atom. The Balaban J connectivity index is 2.73. The minimum absolute atomic E-state index is 0.176. The molecule has 0 spiro atoms. The van der Waals surface area contributed by atoms with Gasteiger partial charge >= 0.3 is 6.09 Å². The lowest BCUT2D eigenvalue weighted by atomic mass is 10.1. The summed E-state index contributed by atoms with van der Waals surface area (Å²) in [5.74, 6) is 0. The van der Waals surface area contributed by atoms with Gasteiger partial charge in [-0.1, -0.05) is 17.7 Å². The van der Waals surface area contributed by atoms with Crippen LogP contribution in [0.4, 0.5) is 4.79 Å². The number of carbonyl (C=O) groups is 1. The summed E-state index contributed by atoms with van der Waals surface area (Å²) in [6.45, 7) is 1.83. The van der Waals surface area contributed by atoms with Crippen molar-refractivity contribution in [2.24, 2.45) is 5.73 Å². The Labute approximate surface area is 97.2 Å². The van der Waals surface area contributed by atoms with E-state index in [9.17, 15) is 4.79 Å². The number of nitrogens with zero attached hydrogens (tertiary/aromatic N) is 1. The summed E-state index contributed by atoms with van der Waals surface area (Å²) in [4.78, 5) is 10.9. The molecule has 5 heteroatoms. The molecule has 0 saturated heterocycles.